The lowest BCUT2D eigenvalue weighted by atomic mass is 9.98. The van der Waals surface area contributed by atoms with Crippen molar-refractivity contribution in [3.8, 4) is 0 Å². The summed E-state index contributed by atoms with van der Waals surface area (Å²) in [6.45, 7) is 7.85. The van der Waals surface area contributed by atoms with Crippen LogP contribution >= 0.6 is 11.3 Å². The summed E-state index contributed by atoms with van der Waals surface area (Å²) in [4.78, 5) is 2.89. The molecule has 0 spiro atoms. The Morgan fingerprint density at radius 2 is 1.80 bits per heavy atom. The second-order valence-electron chi connectivity index (χ2n) is 5.67. The summed E-state index contributed by atoms with van der Waals surface area (Å²) in [6.07, 6.45) is 2.33. The Balaban J connectivity index is 1.70. The molecule has 2 heteroatoms. The van der Waals surface area contributed by atoms with Crippen molar-refractivity contribution in [1.29, 1.82) is 0 Å². The van der Waals surface area contributed by atoms with E-state index in [1.807, 2.05) is 11.3 Å². The number of benzene rings is 1. The van der Waals surface area contributed by atoms with Crippen LogP contribution in [0.5, 0.6) is 0 Å². The number of aryl methyl sites for hydroxylation is 1. The fraction of sp³-hybridized carbons (Fsp3) is 0.444. The number of thiophene rings is 1. The molecule has 0 bridgehead atoms. The lowest BCUT2D eigenvalue weighted by Crippen LogP contribution is -2.29. The molecular formula is C18H25NS. The molecule has 0 aliphatic carbocycles. The van der Waals surface area contributed by atoms with Crippen LogP contribution in [0.1, 0.15) is 41.5 Å². The molecule has 1 heterocycles. The Bertz CT molecular complexity index is 503. The Labute approximate surface area is 127 Å². The van der Waals surface area contributed by atoms with Crippen molar-refractivity contribution in [2.24, 2.45) is 0 Å². The molecule has 1 N–H and O–H groups in total. The molecular weight excluding hydrogens is 262 g/mol. The Hall–Kier alpha value is -1.12. The quantitative estimate of drug-likeness (QED) is 0.773. The minimum atomic E-state index is 0.552. The second kappa shape index (κ2) is 7.61. The average Bonchev–Trinajstić information content (AvgIpc) is 2.85. The van der Waals surface area contributed by atoms with E-state index in [4.69, 9.17) is 0 Å². The molecule has 0 aliphatic heterocycles. The van der Waals surface area contributed by atoms with E-state index in [1.165, 1.54) is 21.7 Å². The molecule has 1 aromatic carbocycles. The van der Waals surface area contributed by atoms with E-state index in [1.54, 1.807) is 0 Å². The van der Waals surface area contributed by atoms with Gasteiger partial charge in [0.1, 0.15) is 0 Å². The Kier molecular flexibility index (Phi) is 5.81. The van der Waals surface area contributed by atoms with Crippen molar-refractivity contribution in [2.75, 3.05) is 6.54 Å². The van der Waals surface area contributed by atoms with E-state index >= 15 is 0 Å². The minimum absolute atomic E-state index is 0.552. The lowest BCUT2D eigenvalue weighted by Gasteiger charge is -2.16. The van der Waals surface area contributed by atoms with Gasteiger partial charge >= 0.3 is 0 Å². The highest BCUT2D eigenvalue weighted by atomic mass is 32.1. The van der Waals surface area contributed by atoms with E-state index in [9.17, 15) is 0 Å². The molecule has 1 aromatic heterocycles. The van der Waals surface area contributed by atoms with E-state index in [0.29, 0.717) is 12.0 Å². The van der Waals surface area contributed by atoms with Crippen LogP contribution in [0.3, 0.4) is 0 Å². The Morgan fingerprint density at radius 1 is 1.05 bits per heavy atom. The zero-order chi connectivity index (χ0) is 14.4. The van der Waals surface area contributed by atoms with Crippen molar-refractivity contribution < 1.29 is 0 Å². The predicted molar refractivity (Wildman–Crippen MR) is 89.7 cm³/mol. The smallest absolute Gasteiger partial charge is 0.00870 e. The molecule has 0 aliphatic rings. The summed E-state index contributed by atoms with van der Waals surface area (Å²) in [7, 11) is 0. The van der Waals surface area contributed by atoms with Gasteiger partial charge in [0.2, 0.25) is 0 Å². The number of rotatable bonds is 7. The zero-order valence-electron chi connectivity index (χ0n) is 12.7. The fourth-order valence-electron chi connectivity index (χ4n) is 2.46. The lowest BCUT2D eigenvalue weighted by molar-refractivity contribution is 0.515. The van der Waals surface area contributed by atoms with Crippen molar-refractivity contribution >= 4 is 11.3 Å². The van der Waals surface area contributed by atoms with Crippen LogP contribution in [-0.4, -0.2) is 12.6 Å². The summed E-state index contributed by atoms with van der Waals surface area (Å²) in [6, 6.07) is 15.8. The molecule has 0 radical (unpaired) electrons. The molecule has 0 amide bonds. The van der Waals surface area contributed by atoms with E-state index < -0.39 is 0 Å². The maximum absolute atomic E-state index is 3.65. The van der Waals surface area contributed by atoms with Gasteiger partial charge in [0.05, 0.1) is 0 Å². The van der Waals surface area contributed by atoms with Crippen LogP contribution in [0.2, 0.25) is 0 Å². The third-order valence-electron chi connectivity index (χ3n) is 3.74. The first-order valence-electron chi connectivity index (χ1n) is 7.49. The SMILES string of the molecule is Cc1ccc(CC(C)NCCC(C)c2ccccc2)s1. The van der Waals surface area contributed by atoms with Gasteiger partial charge in [-0.15, -0.1) is 11.3 Å². The van der Waals surface area contributed by atoms with Crippen LogP contribution in [0.4, 0.5) is 0 Å². The standard InChI is InChI=1S/C18H25NS/c1-14(17-7-5-4-6-8-17)11-12-19-15(2)13-18-10-9-16(3)20-18/h4-10,14-15,19H,11-13H2,1-3H3. The highest BCUT2D eigenvalue weighted by molar-refractivity contribution is 7.11. The highest BCUT2D eigenvalue weighted by Crippen LogP contribution is 2.19. The van der Waals surface area contributed by atoms with Gasteiger partial charge in [-0.2, -0.15) is 0 Å². The van der Waals surface area contributed by atoms with Crippen molar-refractivity contribution in [3.05, 3.63) is 57.8 Å². The summed E-state index contributed by atoms with van der Waals surface area (Å²) >= 11 is 1.91. The summed E-state index contributed by atoms with van der Waals surface area (Å²) in [5.41, 5.74) is 1.44. The third-order valence-corrected chi connectivity index (χ3v) is 4.77. The molecule has 2 aromatic rings. The first kappa shape index (κ1) is 15.3. The van der Waals surface area contributed by atoms with Crippen LogP contribution in [-0.2, 0) is 6.42 Å². The molecule has 0 saturated heterocycles. The third kappa shape index (κ3) is 4.77. The second-order valence-corrected chi connectivity index (χ2v) is 7.04. The molecule has 20 heavy (non-hydrogen) atoms. The van der Waals surface area contributed by atoms with Gasteiger partial charge in [-0.25, -0.2) is 0 Å². The topological polar surface area (TPSA) is 12.0 Å². The number of hydrogen-bond donors (Lipinski definition) is 1. The van der Waals surface area contributed by atoms with Crippen LogP contribution in [0, 0.1) is 6.92 Å². The van der Waals surface area contributed by atoms with Gasteiger partial charge in [0.15, 0.2) is 0 Å². The van der Waals surface area contributed by atoms with E-state index in [2.05, 4.69) is 68.6 Å². The summed E-state index contributed by atoms with van der Waals surface area (Å²) in [5, 5.41) is 3.65. The first-order valence-corrected chi connectivity index (χ1v) is 8.30. The molecule has 1 nitrogen and oxygen atoms in total. The highest BCUT2D eigenvalue weighted by Gasteiger charge is 2.07. The van der Waals surface area contributed by atoms with Gasteiger partial charge in [-0.3, -0.25) is 0 Å². The molecule has 108 valence electrons. The summed E-state index contributed by atoms with van der Waals surface area (Å²) in [5.74, 6) is 0.625. The van der Waals surface area contributed by atoms with Gasteiger partial charge in [-0.05, 0) is 56.8 Å². The van der Waals surface area contributed by atoms with Gasteiger partial charge in [0, 0.05) is 15.8 Å². The normalized spacial score (nSPS) is 14.2. The Morgan fingerprint density at radius 3 is 2.45 bits per heavy atom. The van der Waals surface area contributed by atoms with Gasteiger partial charge in [-0.1, -0.05) is 37.3 Å². The fourth-order valence-corrected chi connectivity index (χ4v) is 3.48. The summed E-state index contributed by atoms with van der Waals surface area (Å²) < 4.78 is 0. The molecule has 2 rings (SSSR count). The molecule has 0 fully saturated rings. The minimum Gasteiger partial charge on any atom is -0.314 e. The van der Waals surface area contributed by atoms with E-state index in [-0.39, 0.29) is 0 Å². The zero-order valence-corrected chi connectivity index (χ0v) is 13.5. The average molecular weight is 287 g/mol. The maximum Gasteiger partial charge on any atom is 0.00870 e. The maximum atomic E-state index is 3.65. The van der Waals surface area contributed by atoms with Crippen molar-refractivity contribution in [2.45, 2.75) is 45.6 Å². The van der Waals surface area contributed by atoms with Crippen molar-refractivity contribution in [3.63, 3.8) is 0 Å². The van der Waals surface area contributed by atoms with Crippen LogP contribution in [0.25, 0.3) is 0 Å². The number of hydrogen-bond acceptors (Lipinski definition) is 2. The van der Waals surface area contributed by atoms with Crippen LogP contribution in [0.15, 0.2) is 42.5 Å². The van der Waals surface area contributed by atoms with Crippen LogP contribution < -0.4 is 5.32 Å². The first-order chi connectivity index (χ1) is 9.65. The number of nitrogens with one attached hydrogen (secondary N) is 1. The largest absolute Gasteiger partial charge is 0.314 e. The molecule has 0 saturated carbocycles. The van der Waals surface area contributed by atoms with Gasteiger partial charge in [0.25, 0.3) is 0 Å². The monoisotopic (exact) mass is 287 g/mol. The molecule has 2 unspecified atom stereocenters. The molecule has 2 atom stereocenters. The predicted octanol–water partition coefficient (Wildman–Crippen LogP) is 4.77. The van der Waals surface area contributed by atoms with Crippen molar-refractivity contribution in [1.82, 2.24) is 5.32 Å². The van der Waals surface area contributed by atoms with E-state index in [0.717, 1.165) is 13.0 Å². The van der Waals surface area contributed by atoms with Gasteiger partial charge < -0.3 is 5.32 Å².